The molecule has 2 saturated heterocycles. The largest absolute Gasteiger partial charge is 0.463 e. The van der Waals surface area contributed by atoms with Crippen molar-refractivity contribution in [2.24, 2.45) is 34.5 Å². The van der Waals surface area contributed by atoms with Crippen LogP contribution in [0.5, 0.6) is 0 Å². The number of hydrogen-bond donors (Lipinski definition) is 0. The molecule has 7 rings (SSSR count). The van der Waals surface area contributed by atoms with E-state index in [1.54, 1.807) is 0 Å². The second-order valence-electron chi connectivity index (χ2n) is 10.1. The number of hydrogen-bond acceptors (Lipinski definition) is 5. The molecule has 0 aromatic carbocycles. The molecule has 5 saturated carbocycles. The topological polar surface area (TPSA) is 69.7 Å². The van der Waals surface area contributed by atoms with Crippen molar-refractivity contribution >= 4 is 18.0 Å². The first-order valence-electron chi connectivity index (χ1n) is 10.6. The third-order valence-electron chi connectivity index (χ3n) is 9.95. The van der Waals surface area contributed by atoms with Gasteiger partial charge >= 0.3 is 0 Å². The van der Waals surface area contributed by atoms with E-state index in [-0.39, 0.29) is 35.2 Å². The average Bonchev–Trinajstić information content (AvgIpc) is 3.03. The number of rotatable bonds is 3. The van der Waals surface area contributed by atoms with Gasteiger partial charge in [-0.2, -0.15) is 0 Å². The molecule has 5 heteroatoms. The van der Waals surface area contributed by atoms with E-state index in [0.29, 0.717) is 31.3 Å². The summed E-state index contributed by atoms with van der Waals surface area (Å²) in [6.45, 7) is 10.7. The maximum Gasteiger partial charge on any atom is 0.293 e. The zero-order valence-electron chi connectivity index (χ0n) is 16.2. The highest BCUT2D eigenvalue weighted by Gasteiger charge is 2.94. The van der Waals surface area contributed by atoms with Gasteiger partial charge in [0, 0.05) is 0 Å². The van der Waals surface area contributed by atoms with Gasteiger partial charge in [-0.25, -0.2) is 0 Å². The summed E-state index contributed by atoms with van der Waals surface area (Å²) in [6.07, 6.45) is 5.79. The molecule has 9 atom stereocenters. The third kappa shape index (κ3) is 1.36. The highest BCUT2D eigenvalue weighted by atomic mass is 16.6. The fourth-order valence-electron chi connectivity index (χ4n) is 8.72. The van der Waals surface area contributed by atoms with Crippen molar-refractivity contribution in [1.82, 2.24) is 0 Å². The molecule has 0 radical (unpaired) electrons. The Labute approximate surface area is 164 Å². The number of ether oxygens (including phenoxy) is 2. The second-order valence-corrected chi connectivity index (χ2v) is 10.1. The maximum atomic E-state index is 13.6. The molecule has 4 bridgehead atoms. The van der Waals surface area contributed by atoms with Gasteiger partial charge in [-0.1, -0.05) is 19.6 Å². The number of ketones is 2. The smallest absolute Gasteiger partial charge is 0.293 e. The van der Waals surface area contributed by atoms with Crippen molar-refractivity contribution in [3.63, 3.8) is 0 Å². The molecule has 9 unspecified atom stereocenters. The van der Waals surface area contributed by atoms with E-state index in [9.17, 15) is 14.4 Å². The van der Waals surface area contributed by atoms with Gasteiger partial charge in [0.25, 0.3) is 6.47 Å². The molecule has 3 spiro atoms. The van der Waals surface area contributed by atoms with Crippen LogP contribution in [0.2, 0.25) is 0 Å². The Morgan fingerprint density at radius 2 is 2.00 bits per heavy atom. The number of carbonyl (C=O) groups excluding carboxylic acids is 3. The van der Waals surface area contributed by atoms with Crippen LogP contribution in [0.15, 0.2) is 24.8 Å². The van der Waals surface area contributed by atoms with Crippen molar-refractivity contribution in [1.29, 1.82) is 0 Å². The maximum absolute atomic E-state index is 13.6. The van der Waals surface area contributed by atoms with Crippen LogP contribution in [0, 0.1) is 34.5 Å². The summed E-state index contributed by atoms with van der Waals surface area (Å²) in [6, 6.07) is 0. The summed E-state index contributed by atoms with van der Waals surface area (Å²) in [5.41, 5.74) is -2.00. The van der Waals surface area contributed by atoms with Crippen LogP contribution < -0.4 is 0 Å². The van der Waals surface area contributed by atoms with E-state index in [1.165, 1.54) is 0 Å². The van der Waals surface area contributed by atoms with Gasteiger partial charge < -0.3 is 9.47 Å². The van der Waals surface area contributed by atoms with Crippen LogP contribution in [-0.4, -0.2) is 35.3 Å². The molecule has 0 amide bonds. The predicted molar refractivity (Wildman–Crippen MR) is 99.0 cm³/mol. The van der Waals surface area contributed by atoms with Crippen LogP contribution in [0.4, 0.5) is 0 Å². The highest BCUT2D eigenvalue weighted by Crippen LogP contribution is 2.83. The Morgan fingerprint density at radius 3 is 2.71 bits per heavy atom. The zero-order valence-corrected chi connectivity index (χ0v) is 16.2. The molecule has 0 N–H and O–H groups in total. The first-order valence-corrected chi connectivity index (χ1v) is 10.6. The number of Topliss-reactive ketones (excluding diaryl/α,β-unsaturated/α-hetero) is 2. The molecule has 0 aromatic heterocycles. The SMILES string of the molecule is C=CC12CCC3(O1)C(=O)C31C(CC(OC=O)C34CCC(CC31)C(=C)C4=O)C2C. The van der Waals surface area contributed by atoms with Crippen molar-refractivity contribution < 1.29 is 23.9 Å². The zero-order chi connectivity index (χ0) is 19.7. The fraction of sp³-hybridized carbons (Fsp3) is 0.696. The van der Waals surface area contributed by atoms with Gasteiger partial charge in [0.15, 0.2) is 11.6 Å². The van der Waals surface area contributed by atoms with E-state index in [0.717, 1.165) is 19.3 Å². The molecule has 7 fully saturated rings. The van der Waals surface area contributed by atoms with Crippen LogP contribution in [0.3, 0.4) is 0 Å². The lowest BCUT2D eigenvalue weighted by atomic mass is 9.41. The van der Waals surface area contributed by atoms with Crippen LogP contribution in [0.1, 0.15) is 45.4 Å². The molecule has 5 aliphatic carbocycles. The van der Waals surface area contributed by atoms with E-state index in [2.05, 4.69) is 20.1 Å². The quantitative estimate of drug-likeness (QED) is 0.426. The van der Waals surface area contributed by atoms with Crippen LogP contribution in [-0.2, 0) is 23.9 Å². The summed E-state index contributed by atoms with van der Waals surface area (Å²) in [7, 11) is 0. The van der Waals surface area contributed by atoms with Gasteiger partial charge in [0.2, 0.25) is 0 Å². The molecule has 0 aromatic rings. The fourth-order valence-corrected chi connectivity index (χ4v) is 8.72. The van der Waals surface area contributed by atoms with E-state index in [1.807, 2.05) is 6.08 Å². The van der Waals surface area contributed by atoms with Crippen LogP contribution >= 0.6 is 0 Å². The minimum absolute atomic E-state index is 0.0285. The van der Waals surface area contributed by atoms with Gasteiger partial charge in [-0.05, 0) is 67.8 Å². The normalized spacial score (nSPS) is 57.9. The first-order chi connectivity index (χ1) is 13.4. The van der Waals surface area contributed by atoms with Crippen molar-refractivity contribution in [2.75, 3.05) is 0 Å². The molecule has 7 aliphatic rings. The Kier molecular flexibility index (Phi) is 2.87. The van der Waals surface area contributed by atoms with E-state index >= 15 is 0 Å². The summed E-state index contributed by atoms with van der Waals surface area (Å²) >= 11 is 0. The Bertz CT molecular complexity index is 876. The van der Waals surface area contributed by atoms with Crippen molar-refractivity contribution in [3.05, 3.63) is 24.8 Å². The Morgan fingerprint density at radius 1 is 1.21 bits per heavy atom. The van der Waals surface area contributed by atoms with Gasteiger partial charge in [0.1, 0.15) is 11.7 Å². The van der Waals surface area contributed by atoms with Gasteiger partial charge in [0.05, 0.1) is 16.4 Å². The Hall–Kier alpha value is -1.75. The summed E-state index contributed by atoms with van der Waals surface area (Å²) in [5.74, 6) is 0.392. The molecule has 5 nitrogen and oxygen atoms in total. The minimum Gasteiger partial charge on any atom is -0.463 e. The van der Waals surface area contributed by atoms with Gasteiger partial charge in [-0.3, -0.25) is 14.4 Å². The summed E-state index contributed by atoms with van der Waals surface area (Å²) in [4.78, 5) is 38.5. The molecule has 2 aliphatic heterocycles. The molecule has 2 heterocycles. The summed E-state index contributed by atoms with van der Waals surface area (Å²) < 4.78 is 12.2. The average molecular weight is 382 g/mol. The van der Waals surface area contributed by atoms with E-state index in [4.69, 9.17) is 9.47 Å². The van der Waals surface area contributed by atoms with Crippen molar-refractivity contribution in [2.45, 2.75) is 62.8 Å². The molecule has 148 valence electrons. The van der Waals surface area contributed by atoms with E-state index < -0.39 is 28.1 Å². The molecule has 28 heavy (non-hydrogen) atoms. The standard InChI is InChI=1S/C23H26O5/c1-4-20-7-8-22(28-20)19(26)23(22)15(13(20)3)10-17(27-11-24)21-6-5-14(9-16(21)23)12(2)18(21)25/h4,11,13-17H,1-2,5-10H2,3H3. The first kappa shape index (κ1) is 17.1. The minimum atomic E-state index is -0.803. The lowest BCUT2D eigenvalue weighted by Crippen LogP contribution is -2.68. The number of allylic oxidation sites excluding steroid dienone is 1. The third-order valence-corrected chi connectivity index (χ3v) is 9.95. The lowest BCUT2D eigenvalue weighted by Gasteiger charge is -2.63. The lowest BCUT2D eigenvalue weighted by molar-refractivity contribution is -0.230. The second kappa shape index (κ2) is 4.69. The van der Waals surface area contributed by atoms with Gasteiger partial charge in [-0.15, -0.1) is 6.58 Å². The molecular formula is C23H26O5. The molecular weight excluding hydrogens is 356 g/mol. The highest BCUT2D eigenvalue weighted by molar-refractivity contribution is 6.15. The van der Waals surface area contributed by atoms with Crippen molar-refractivity contribution in [3.8, 4) is 0 Å². The Balaban J connectivity index is 1.57. The van der Waals surface area contributed by atoms with Crippen LogP contribution in [0.25, 0.3) is 0 Å². The number of fused-ring (bicyclic) bond motifs is 3. The summed E-state index contributed by atoms with van der Waals surface area (Å²) in [5, 5.41) is 0. The number of carbonyl (C=O) groups is 3. The predicted octanol–water partition coefficient (Wildman–Crippen LogP) is 2.78. The monoisotopic (exact) mass is 382 g/mol.